The summed E-state index contributed by atoms with van der Waals surface area (Å²) in [4.78, 5) is 5.25. The van der Waals surface area contributed by atoms with Gasteiger partial charge in [-0.25, -0.2) is 0 Å². The Balaban J connectivity index is 1.81. The monoisotopic (exact) mass is 281 g/mol. The molecule has 3 heteroatoms. The van der Waals surface area contributed by atoms with E-state index in [0.717, 1.165) is 24.4 Å². The fourth-order valence-corrected chi connectivity index (χ4v) is 4.25. The van der Waals surface area contributed by atoms with E-state index in [1.54, 1.807) is 0 Å². The number of rotatable bonds is 7. The molecule has 1 aliphatic heterocycles. The molecule has 1 saturated heterocycles. The van der Waals surface area contributed by atoms with Crippen LogP contribution < -0.4 is 5.73 Å². The fourth-order valence-electron chi connectivity index (χ4n) is 4.25. The molecule has 3 nitrogen and oxygen atoms in total. The zero-order valence-corrected chi connectivity index (χ0v) is 13.7. The van der Waals surface area contributed by atoms with Crippen LogP contribution in [0.25, 0.3) is 0 Å². The molecule has 118 valence electrons. The number of nitrogens with two attached hydrogens (primary N) is 1. The van der Waals surface area contributed by atoms with Crippen molar-refractivity contribution in [1.29, 1.82) is 0 Å². The summed E-state index contributed by atoms with van der Waals surface area (Å²) in [6.45, 7) is 8.30. The number of hydrogen-bond donors (Lipinski definition) is 1. The molecule has 0 aromatic rings. The maximum Gasteiger partial charge on any atom is 0.0136 e. The Morgan fingerprint density at radius 2 is 1.95 bits per heavy atom. The van der Waals surface area contributed by atoms with Crippen molar-refractivity contribution in [2.24, 2.45) is 17.6 Å². The van der Waals surface area contributed by atoms with Crippen molar-refractivity contribution >= 4 is 0 Å². The topological polar surface area (TPSA) is 32.5 Å². The third kappa shape index (κ3) is 4.44. The van der Waals surface area contributed by atoms with Crippen LogP contribution >= 0.6 is 0 Å². The van der Waals surface area contributed by atoms with E-state index in [2.05, 4.69) is 23.8 Å². The second-order valence-corrected chi connectivity index (χ2v) is 7.06. The molecule has 0 spiro atoms. The first-order valence-corrected chi connectivity index (χ1v) is 8.87. The van der Waals surface area contributed by atoms with E-state index in [4.69, 9.17) is 5.73 Å². The average Bonchev–Trinajstić information content (AvgIpc) is 2.98. The molecule has 1 aliphatic carbocycles. The van der Waals surface area contributed by atoms with Gasteiger partial charge >= 0.3 is 0 Å². The normalized spacial score (nSPS) is 32.1. The summed E-state index contributed by atoms with van der Waals surface area (Å²) in [5.41, 5.74) is 6.03. The molecule has 0 bridgehead atoms. The Kier molecular flexibility index (Phi) is 6.79. The van der Waals surface area contributed by atoms with E-state index >= 15 is 0 Å². The summed E-state index contributed by atoms with van der Waals surface area (Å²) in [7, 11) is 2.33. The van der Waals surface area contributed by atoms with Crippen molar-refractivity contribution in [3.05, 3.63) is 0 Å². The number of nitrogens with zero attached hydrogens (tertiary/aromatic N) is 2. The van der Waals surface area contributed by atoms with Crippen LogP contribution in [0, 0.1) is 11.8 Å². The summed E-state index contributed by atoms with van der Waals surface area (Å²) < 4.78 is 0. The largest absolute Gasteiger partial charge is 0.330 e. The van der Waals surface area contributed by atoms with E-state index in [1.807, 2.05) is 0 Å². The minimum Gasteiger partial charge on any atom is -0.330 e. The van der Waals surface area contributed by atoms with Gasteiger partial charge in [-0.15, -0.1) is 0 Å². The van der Waals surface area contributed by atoms with Gasteiger partial charge in [-0.1, -0.05) is 26.2 Å². The Bertz CT molecular complexity index is 263. The van der Waals surface area contributed by atoms with Gasteiger partial charge in [0.15, 0.2) is 0 Å². The molecule has 2 rings (SSSR count). The van der Waals surface area contributed by atoms with Crippen molar-refractivity contribution in [2.45, 2.75) is 57.9 Å². The first-order valence-electron chi connectivity index (χ1n) is 8.87. The quantitative estimate of drug-likeness (QED) is 0.778. The predicted molar refractivity (Wildman–Crippen MR) is 86.9 cm³/mol. The predicted octanol–water partition coefficient (Wildman–Crippen LogP) is 2.56. The molecule has 2 aliphatic rings. The molecular formula is C17H35N3. The second kappa shape index (κ2) is 8.35. The Morgan fingerprint density at radius 3 is 2.60 bits per heavy atom. The summed E-state index contributed by atoms with van der Waals surface area (Å²) in [6, 6.07) is 0.730. The lowest BCUT2D eigenvalue weighted by atomic mass is 9.76. The molecule has 1 heterocycles. The number of hydrogen-bond acceptors (Lipinski definition) is 3. The lowest BCUT2D eigenvalue weighted by Crippen LogP contribution is -2.47. The van der Waals surface area contributed by atoms with Gasteiger partial charge in [0, 0.05) is 19.1 Å². The number of likely N-dealkylation sites (tertiary alicyclic amines) is 1. The van der Waals surface area contributed by atoms with E-state index in [-0.39, 0.29) is 0 Å². The van der Waals surface area contributed by atoms with E-state index in [0.29, 0.717) is 0 Å². The van der Waals surface area contributed by atoms with Crippen LogP contribution in [0.2, 0.25) is 0 Å². The van der Waals surface area contributed by atoms with Crippen molar-refractivity contribution < 1.29 is 0 Å². The van der Waals surface area contributed by atoms with Gasteiger partial charge in [-0.2, -0.15) is 0 Å². The smallest absolute Gasteiger partial charge is 0.0136 e. The SMILES string of the molecule is CCCC1CCC(CN)C(N(C)CCN2CCCC2)C1. The molecule has 2 N–H and O–H groups in total. The Morgan fingerprint density at radius 1 is 1.20 bits per heavy atom. The highest BCUT2D eigenvalue weighted by atomic mass is 15.2. The third-order valence-electron chi connectivity index (χ3n) is 5.60. The minimum absolute atomic E-state index is 0.728. The van der Waals surface area contributed by atoms with Gasteiger partial charge in [0.05, 0.1) is 0 Å². The summed E-state index contributed by atoms with van der Waals surface area (Å²) in [5.74, 6) is 1.67. The van der Waals surface area contributed by atoms with E-state index in [9.17, 15) is 0 Å². The van der Waals surface area contributed by atoms with Crippen molar-refractivity contribution in [3.63, 3.8) is 0 Å². The first kappa shape index (κ1) is 16.3. The third-order valence-corrected chi connectivity index (χ3v) is 5.60. The molecule has 3 unspecified atom stereocenters. The van der Waals surface area contributed by atoms with Gasteiger partial charge < -0.3 is 15.5 Å². The summed E-state index contributed by atoms with van der Waals surface area (Å²) in [5, 5.41) is 0. The van der Waals surface area contributed by atoms with Gasteiger partial charge in [0.1, 0.15) is 0 Å². The standard InChI is InChI=1S/C17H35N3/c1-3-6-15-7-8-16(14-18)17(13-15)19(2)11-12-20-9-4-5-10-20/h15-17H,3-14,18H2,1-2H3. The van der Waals surface area contributed by atoms with Crippen LogP contribution in [0.1, 0.15) is 51.9 Å². The first-order chi connectivity index (χ1) is 9.74. The highest BCUT2D eigenvalue weighted by molar-refractivity contribution is 4.86. The van der Waals surface area contributed by atoms with Gasteiger partial charge in [-0.3, -0.25) is 0 Å². The van der Waals surface area contributed by atoms with Crippen molar-refractivity contribution in [2.75, 3.05) is 39.8 Å². The second-order valence-electron chi connectivity index (χ2n) is 7.06. The maximum atomic E-state index is 6.03. The molecule has 2 fully saturated rings. The van der Waals surface area contributed by atoms with Crippen LogP contribution in [-0.4, -0.2) is 55.6 Å². The summed E-state index contributed by atoms with van der Waals surface area (Å²) >= 11 is 0. The van der Waals surface area contributed by atoms with Crippen LogP contribution in [0.5, 0.6) is 0 Å². The highest BCUT2D eigenvalue weighted by Gasteiger charge is 2.31. The Hall–Kier alpha value is -0.120. The van der Waals surface area contributed by atoms with Crippen LogP contribution in [0.15, 0.2) is 0 Å². The molecule has 0 aromatic carbocycles. The molecule has 0 radical (unpaired) electrons. The number of likely N-dealkylation sites (N-methyl/N-ethyl adjacent to an activating group) is 1. The lowest BCUT2D eigenvalue weighted by Gasteiger charge is -2.41. The Labute approximate surface area is 125 Å². The van der Waals surface area contributed by atoms with Gasteiger partial charge in [0.25, 0.3) is 0 Å². The zero-order valence-electron chi connectivity index (χ0n) is 13.7. The van der Waals surface area contributed by atoms with Crippen molar-refractivity contribution in [3.8, 4) is 0 Å². The zero-order chi connectivity index (χ0) is 14.4. The van der Waals surface area contributed by atoms with Crippen molar-refractivity contribution in [1.82, 2.24) is 9.80 Å². The highest BCUT2D eigenvalue weighted by Crippen LogP contribution is 2.33. The minimum atomic E-state index is 0.728. The molecule has 0 aromatic heterocycles. The molecular weight excluding hydrogens is 246 g/mol. The van der Waals surface area contributed by atoms with E-state index < -0.39 is 0 Å². The maximum absolute atomic E-state index is 6.03. The molecule has 3 atom stereocenters. The van der Waals surface area contributed by atoms with Gasteiger partial charge in [-0.05, 0) is 64.2 Å². The van der Waals surface area contributed by atoms with Crippen LogP contribution in [-0.2, 0) is 0 Å². The van der Waals surface area contributed by atoms with E-state index in [1.165, 1.54) is 71.1 Å². The van der Waals surface area contributed by atoms with Crippen LogP contribution in [0.4, 0.5) is 0 Å². The van der Waals surface area contributed by atoms with Crippen LogP contribution in [0.3, 0.4) is 0 Å². The molecule has 0 amide bonds. The fraction of sp³-hybridized carbons (Fsp3) is 1.00. The average molecular weight is 281 g/mol. The molecule has 20 heavy (non-hydrogen) atoms. The van der Waals surface area contributed by atoms with Gasteiger partial charge in [0.2, 0.25) is 0 Å². The summed E-state index contributed by atoms with van der Waals surface area (Å²) in [6.07, 6.45) is 9.68. The lowest BCUT2D eigenvalue weighted by molar-refractivity contribution is 0.0922. The molecule has 1 saturated carbocycles.